The summed E-state index contributed by atoms with van der Waals surface area (Å²) in [5.74, 6) is 0. The van der Waals surface area contributed by atoms with Crippen molar-refractivity contribution in [3.05, 3.63) is 52.8 Å². The third kappa shape index (κ3) is 1.50. The molecule has 0 aromatic heterocycles. The molecule has 1 heterocycles. The van der Waals surface area contributed by atoms with E-state index in [0.29, 0.717) is 0 Å². The van der Waals surface area contributed by atoms with Crippen LogP contribution in [0.3, 0.4) is 0 Å². The summed E-state index contributed by atoms with van der Waals surface area (Å²) in [6, 6.07) is 10.1. The van der Waals surface area contributed by atoms with Gasteiger partial charge in [0.15, 0.2) is 0 Å². The molecular weight excluding hydrogens is 220 g/mol. The molecule has 0 radical (unpaired) electrons. The third-order valence-corrected chi connectivity index (χ3v) is 3.39. The van der Waals surface area contributed by atoms with Gasteiger partial charge in [0.2, 0.25) is 0 Å². The van der Waals surface area contributed by atoms with Gasteiger partial charge in [-0.1, -0.05) is 35.9 Å². The van der Waals surface area contributed by atoms with Gasteiger partial charge in [0.1, 0.15) is 5.16 Å². The fourth-order valence-corrected chi connectivity index (χ4v) is 2.51. The van der Waals surface area contributed by atoms with Crippen LogP contribution < -0.4 is 10.4 Å². The molecule has 0 spiro atoms. The average molecular weight is 233 g/mol. The van der Waals surface area contributed by atoms with Crippen molar-refractivity contribution in [3.63, 3.8) is 0 Å². The van der Waals surface area contributed by atoms with Crippen molar-refractivity contribution < 1.29 is 0 Å². The van der Waals surface area contributed by atoms with Gasteiger partial charge in [-0.15, -0.1) is 0 Å². The normalized spacial score (nSPS) is 19.3. The molecule has 1 N–H and O–H groups in total. The van der Waals surface area contributed by atoms with Gasteiger partial charge in [0.05, 0.1) is 11.4 Å². The fourth-order valence-electron chi connectivity index (χ4n) is 2.17. The Labute approximate surface area is 100 Å². The topological polar surface area (TPSA) is 15.3 Å². The fraction of sp³-hybridized carbons (Fsp3) is 0.231. The highest BCUT2D eigenvalue weighted by atomic mass is 35.5. The number of hydrogen-bond donors (Lipinski definition) is 1. The number of hydrazine groups is 1. The Morgan fingerprint density at radius 1 is 1.19 bits per heavy atom. The molecule has 0 unspecified atom stereocenters. The van der Waals surface area contributed by atoms with E-state index in [1.807, 2.05) is 35.3 Å². The van der Waals surface area contributed by atoms with E-state index in [0.717, 1.165) is 23.7 Å². The first-order valence-electron chi connectivity index (χ1n) is 5.57. The van der Waals surface area contributed by atoms with Crippen molar-refractivity contribution in [2.24, 2.45) is 0 Å². The number of hydrogen-bond acceptors (Lipinski definition) is 2. The zero-order valence-electron chi connectivity index (χ0n) is 8.91. The van der Waals surface area contributed by atoms with Crippen LogP contribution >= 0.6 is 11.6 Å². The molecule has 1 aromatic carbocycles. The summed E-state index contributed by atoms with van der Waals surface area (Å²) >= 11 is 6.39. The zero-order chi connectivity index (χ0) is 11.0. The molecule has 16 heavy (non-hydrogen) atoms. The molecule has 0 fully saturated rings. The zero-order valence-corrected chi connectivity index (χ0v) is 9.67. The lowest BCUT2D eigenvalue weighted by molar-refractivity contribution is 0.775. The van der Waals surface area contributed by atoms with Crippen LogP contribution in [0.5, 0.6) is 0 Å². The molecule has 3 rings (SSSR count). The number of para-hydroxylation sites is 1. The number of benzene rings is 1. The Balaban J connectivity index is 1.99. The highest BCUT2D eigenvalue weighted by Crippen LogP contribution is 2.36. The highest BCUT2D eigenvalue weighted by molar-refractivity contribution is 6.32. The molecule has 1 aliphatic heterocycles. The van der Waals surface area contributed by atoms with Gasteiger partial charge in [0, 0.05) is 5.57 Å². The molecule has 0 saturated heterocycles. The summed E-state index contributed by atoms with van der Waals surface area (Å²) in [4.78, 5) is 0. The lowest BCUT2D eigenvalue weighted by Crippen LogP contribution is -2.29. The summed E-state index contributed by atoms with van der Waals surface area (Å²) in [6.45, 7) is 0. The summed E-state index contributed by atoms with van der Waals surface area (Å²) in [5, 5.41) is 2.77. The van der Waals surface area contributed by atoms with Crippen molar-refractivity contribution in [1.82, 2.24) is 5.43 Å². The van der Waals surface area contributed by atoms with E-state index in [2.05, 4.69) is 11.5 Å². The second kappa shape index (κ2) is 3.87. The molecule has 3 heteroatoms. The average Bonchev–Trinajstić information content (AvgIpc) is 2.69. The van der Waals surface area contributed by atoms with Crippen molar-refractivity contribution in [3.8, 4) is 0 Å². The van der Waals surface area contributed by atoms with Crippen molar-refractivity contribution >= 4 is 17.3 Å². The molecule has 0 atom stereocenters. The van der Waals surface area contributed by atoms with E-state index < -0.39 is 0 Å². The first kappa shape index (κ1) is 9.79. The summed E-state index contributed by atoms with van der Waals surface area (Å²) in [7, 11) is 0. The molecular formula is C13H13ClN2. The smallest absolute Gasteiger partial charge is 0.134 e. The van der Waals surface area contributed by atoms with E-state index in [4.69, 9.17) is 11.6 Å². The molecule has 82 valence electrons. The Morgan fingerprint density at radius 3 is 2.75 bits per heavy atom. The molecule has 1 aliphatic carbocycles. The van der Waals surface area contributed by atoms with Gasteiger partial charge in [0.25, 0.3) is 0 Å². The largest absolute Gasteiger partial charge is 0.293 e. The number of fused-ring (bicyclic) bond motifs is 1. The molecule has 2 nitrogen and oxygen atoms in total. The quantitative estimate of drug-likeness (QED) is 0.746. The number of rotatable bonds is 1. The molecule has 0 saturated carbocycles. The third-order valence-electron chi connectivity index (χ3n) is 3.00. The highest BCUT2D eigenvalue weighted by Gasteiger charge is 2.27. The minimum atomic E-state index is 0.817. The van der Waals surface area contributed by atoms with Crippen LogP contribution in [0.15, 0.2) is 52.8 Å². The predicted molar refractivity (Wildman–Crippen MR) is 66.9 cm³/mol. The monoisotopic (exact) mass is 232 g/mol. The second-order valence-corrected chi connectivity index (χ2v) is 4.42. The van der Waals surface area contributed by atoms with Crippen molar-refractivity contribution in [2.45, 2.75) is 19.3 Å². The number of halogens is 1. The van der Waals surface area contributed by atoms with Crippen LogP contribution in [0.25, 0.3) is 0 Å². The van der Waals surface area contributed by atoms with Gasteiger partial charge >= 0.3 is 0 Å². The van der Waals surface area contributed by atoms with Gasteiger partial charge < -0.3 is 0 Å². The van der Waals surface area contributed by atoms with Gasteiger partial charge in [-0.05, 0) is 31.4 Å². The van der Waals surface area contributed by atoms with Crippen LogP contribution in [0.2, 0.25) is 0 Å². The maximum absolute atomic E-state index is 6.39. The molecule has 0 bridgehead atoms. The van der Waals surface area contributed by atoms with Gasteiger partial charge in [-0.2, -0.15) is 0 Å². The minimum absolute atomic E-state index is 0.817. The van der Waals surface area contributed by atoms with E-state index in [-0.39, 0.29) is 0 Å². The van der Waals surface area contributed by atoms with E-state index in [9.17, 15) is 0 Å². The number of nitrogens with one attached hydrogen (secondary N) is 1. The van der Waals surface area contributed by atoms with Crippen LogP contribution in [0, 0.1) is 0 Å². The Kier molecular flexibility index (Phi) is 2.37. The minimum Gasteiger partial charge on any atom is -0.293 e. The maximum Gasteiger partial charge on any atom is 0.134 e. The standard InChI is InChI=1S/C13H13ClN2/c14-13-11-8-4-5-9-12(11)15-16(13)10-6-2-1-3-7-10/h1-3,6-7,9,15H,4-5,8H2. The number of nitrogens with zero attached hydrogens (tertiary/aromatic N) is 1. The van der Waals surface area contributed by atoms with Gasteiger partial charge in [-0.25, -0.2) is 5.01 Å². The Bertz CT molecular complexity index is 462. The summed E-state index contributed by atoms with van der Waals surface area (Å²) < 4.78 is 0. The second-order valence-electron chi connectivity index (χ2n) is 4.06. The Hall–Kier alpha value is -1.41. The van der Waals surface area contributed by atoms with Crippen LogP contribution in [0.1, 0.15) is 19.3 Å². The predicted octanol–water partition coefficient (Wildman–Crippen LogP) is 3.53. The van der Waals surface area contributed by atoms with Crippen LogP contribution in [-0.4, -0.2) is 0 Å². The van der Waals surface area contributed by atoms with E-state index >= 15 is 0 Å². The van der Waals surface area contributed by atoms with Crippen LogP contribution in [0.4, 0.5) is 5.69 Å². The van der Waals surface area contributed by atoms with E-state index in [1.54, 1.807) is 0 Å². The van der Waals surface area contributed by atoms with Crippen molar-refractivity contribution in [2.75, 3.05) is 5.01 Å². The first-order chi connectivity index (χ1) is 7.86. The molecule has 2 aliphatic rings. The Morgan fingerprint density at radius 2 is 2.00 bits per heavy atom. The van der Waals surface area contributed by atoms with Crippen LogP contribution in [-0.2, 0) is 0 Å². The molecule has 1 aromatic rings. The number of allylic oxidation sites excluding steroid dienone is 2. The van der Waals surface area contributed by atoms with Crippen molar-refractivity contribution in [1.29, 1.82) is 0 Å². The lowest BCUT2D eigenvalue weighted by atomic mass is 10.0. The van der Waals surface area contributed by atoms with Gasteiger partial charge in [-0.3, -0.25) is 5.43 Å². The SMILES string of the molecule is ClC1=C2CCCC=C2NN1c1ccccc1. The maximum atomic E-state index is 6.39. The number of anilines is 1. The first-order valence-corrected chi connectivity index (χ1v) is 5.95. The summed E-state index contributed by atoms with van der Waals surface area (Å²) in [6.07, 6.45) is 5.63. The molecule has 0 amide bonds. The summed E-state index contributed by atoms with van der Waals surface area (Å²) in [5.41, 5.74) is 6.85. The lowest BCUT2D eigenvalue weighted by Gasteiger charge is -2.19. The van der Waals surface area contributed by atoms with E-state index in [1.165, 1.54) is 17.7 Å².